The number of carbonyl (C=O) groups excluding carboxylic acids is 4. The van der Waals surface area contributed by atoms with Gasteiger partial charge in [-0.05, 0) is 63.1 Å². The third kappa shape index (κ3) is 9.46. The Morgan fingerprint density at radius 2 is 1.48 bits per heavy atom. The molecule has 44 heavy (non-hydrogen) atoms. The van der Waals surface area contributed by atoms with E-state index in [1.54, 1.807) is 13.0 Å². The number of hydrogen-bond acceptors (Lipinski definition) is 8. The van der Waals surface area contributed by atoms with E-state index in [1.807, 2.05) is 58.0 Å². The molecule has 4 atom stereocenters. The normalized spacial score (nSPS) is 20.2. The van der Waals surface area contributed by atoms with Crippen LogP contribution in [0, 0.1) is 11.8 Å². The second-order valence-electron chi connectivity index (χ2n) is 13.1. The molecule has 2 aliphatic rings. The average Bonchev–Trinajstić information content (AvgIpc) is 3.33. The van der Waals surface area contributed by atoms with Gasteiger partial charge in [-0.1, -0.05) is 63.2 Å². The molecule has 11 heteroatoms. The van der Waals surface area contributed by atoms with Gasteiger partial charge in [0.2, 0.25) is 11.8 Å². The van der Waals surface area contributed by atoms with Crippen LogP contribution in [0.4, 0.5) is 0 Å². The van der Waals surface area contributed by atoms with Crippen molar-refractivity contribution in [1.29, 1.82) is 0 Å². The number of Topliss-reactive ketones (excluding diaryl/α,β-unsaturated/α-hetero) is 1. The second-order valence-corrected chi connectivity index (χ2v) is 13.1. The first-order chi connectivity index (χ1) is 20.9. The van der Waals surface area contributed by atoms with Crippen molar-refractivity contribution in [2.45, 2.75) is 97.0 Å². The van der Waals surface area contributed by atoms with Crippen molar-refractivity contribution in [1.82, 2.24) is 26.0 Å². The van der Waals surface area contributed by atoms with E-state index in [1.165, 1.54) is 0 Å². The summed E-state index contributed by atoms with van der Waals surface area (Å²) in [6, 6.07) is 8.31. The molecule has 2 saturated heterocycles. The first-order valence-corrected chi connectivity index (χ1v) is 15.7. The first kappa shape index (κ1) is 33.3. The van der Waals surface area contributed by atoms with E-state index in [4.69, 9.17) is 9.26 Å². The predicted molar refractivity (Wildman–Crippen MR) is 165 cm³/mol. The zero-order valence-corrected chi connectivity index (χ0v) is 26.6. The van der Waals surface area contributed by atoms with Gasteiger partial charge in [-0.3, -0.25) is 24.1 Å². The third-order valence-electron chi connectivity index (χ3n) is 8.05. The van der Waals surface area contributed by atoms with E-state index in [-0.39, 0.29) is 29.7 Å². The van der Waals surface area contributed by atoms with Crippen LogP contribution in [0.3, 0.4) is 0 Å². The maximum atomic E-state index is 13.7. The van der Waals surface area contributed by atoms with Crippen LogP contribution in [0.25, 0.3) is 0 Å². The van der Waals surface area contributed by atoms with Crippen LogP contribution in [0.5, 0.6) is 0 Å². The average molecular weight is 610 g/mol. The standard InChI is InChI=1S/C33H47N5O6/c1-21(2)15-25(29(39)33(5)20-43-33)34-31(41)27(17-23-11-7-6-8-12-23)36-30(40)26(16-22(3)4)35-32(42)28-18-24(44-37-28)19-38-13-9-10-14-38/h6-8,11-12,18,21-22,25-27H,9-10,13-17,19-20H2,1-5H3,(H,34,41)(H,35,42)(H,36,40)/t25-,26-,27-,33-/m0/s1. The smallest absolute Gasteiger partial charge is 0.274 e. The monoisotopic (exact) mass is 609 g/mol. The largest absolute Gasteiger partial charge is 0.361 e. The lowest BCUT2D eigenvalue weighted by Crippen LogP contribution is -2.57. The number of amides is 3. The van der Waals surface area contributed by atoms with Crippen LogP contribution in [0.15, 0.2) is 40.9 Å². The summed E-state index contributed by atoms with van der Waals surface area (Å²) in [4.78, 5) is 56.0. The molecule has 1 aromatic carbocycles. The van der Waals surface area contributed by atoms with E-state index >= 15 is 0 Å². The molecule has 1 aromatic heterocycles. The molecule has 3 amide bonds. The highest BCUT2D eigenvalue weighted by Gasteiger charge is 2.50. The number of epoxide rings is 1. The highest BCUT2D eigenvalue weighted by molar-refractivity contribution is 5.99. The fourth-order valence-corrected chi connectivity index (χ4v) is 5.52. The maximum absolute atomic E-state index is 13.7. The van der Waals surface area contributed by atoms with Crippen molar-refractivity contribution in [3.8, 4) is 0 Å². The molecule has 3 heterocycles. The van der Waals surface area contributed by atoms with Crippen molar-refractivity contribution < 1.29 is 28.4 Å². The Balaban J connectivity index is 1.48. The van der Waals surface area contributed by atoms with Gasteiger partial charge >= 0.3 is 0 Å². The molecule has 0 aliphatic carbocycles. The summed E-state index contributed by atoms with van der Waals surface area (Å²) in [6.07, 6.45) is 3.28. The highest BCUT2D eigenvalue weighted by Crippen LogP contribution is 2.29. The molecule has 0 bridgehead atoms. The Kier molecular flexibility index (Phi) is 11.3. The molecular formula is C33H47N5O6. The number of hydrogen-bond donors (Lipinski definition) is 3. The third-order valence-corrected chi connectivity index (χ3v) is 8.05. The molecule has 11 nitrogen and oxygen atoms in total. The maximum Gasteiger partial charge on any atom is 0.274 e. The number of nitrogens with zero attached hydrogens (tertiary/aromatic N) is 2. The van der Waals surface area contributed by atoms with E-state index in [0.717, 1.165) is 31.5 Å². The van der Waals surface area contributed by atoms with Gasteiger partial charge in [0.1, 0.15) is 17.7 Å². The van der Waals surface area contributed by atoms with Crippen molar-refractivity contribution >= 4 is 23.5 Å². The van der Waals surface area contributed by atoms with E-state index in [9.17, 15) is 19.2 Å². The van der Waals surface area contributed by atoms with Gasteiger partial charge in [0, 0.05) is 12.5 Å². The SMILES string of the molecule is CC(C)C[C@H](NC(=O)c1cc(CN2CCCC2)on1)C(=O)N[C@@H](Cc1ccccc1)C(=O)N[C@@H](CC(C)C)C(=O)[C@]1(C)CO1. The van der Waals surface area contributed by atoms with Crippen LogP contribution < -0.4 is 16.0 Å². The lowest BCUT2D eigenvalue weighted by Gasteiger charge is -2.27. The minimum Gasteiger partial charge on any atom is -0.361 e. The molecule has 0 radical (unpaired) electrons. The molecule has 0 unspecified atom stereocenters. The molecule has 2 aromatic rings. The van der Waals surface area contributed by atoms with Crippen LogP contribution >= 0.6 is 0 Å². The summed E-state index contributed by atoms with van der Waals surface area (Å²) in [6.45, 7) is 12.5. The summed E-state index contributed by atoms with van der Waals surface area (Å²) < 4.78 is 10.8. The minimum absolute atomic E-state index is 0.0721. The number of likely N-dealkylation sites (tertiary alicyclic amines) is 1. The molecule has 0 saturated carbocycles. The Bertz CT molecular complexity index is 1280. The number of ether oxygens (including phenoxy) is 1. The Morgan fingerprint density at radius 3 is 2.09 bits per heavy atom. The zero-order valence-electron chi connectivity index (χ0n) is 26.6. The topological polar surface area (TPSA) is 146 Å². The summed E-state index contributed by atoms with van der Waals surface area (Å²) in [7, 11) is 0. The number of rotatable bonds is 16. The highest BCUT2D eigenvalue weighted by atomic mass is 16.6. The van der Waals surface area contributed by atoms with Gasteiger partial charge in [0.15, 0.2) is 17.2 Å². The van der Waals surface area contributed by atoms with E-state index in [2.05, 4.69) is 26.0 Å². The molecule has 0 spiro atoms. The van der Waals surface area contributed by atoms with Gasteiger partial charge in [-0.25, -0.2) is 0 Å². The summed E-state index contributed by atoms with van der Waals surface area (Å²) in [5.41, 5.74) is 0.0486. The number of carbonyl (C=O) groups is 4. The van der Waals surface area contributed by atoms with E-state index < -0.39 is 41.4 Å². The zero-order chi connectivity index (χ0) is 31.9. The lowest BCUT2D eigenvalue weighted by atomic mass is 9.93. The number of ketones is 1. The molecule has 2 fully saturated rings. The minimum atomic E-state index is -0.981. The van der Waals surface area contributed by atoms with Gasteiger partial charge in [0.05, 0.1) is 19.2 Å². The van der Waals surface area contributed by atoms with E-state index in [0.29, 0.717) is 31.8 Å². The number of benzene rings is 1. The Labute approximate surface area is 259 Å². The van der Waals surface area contributed by atoms with Crippen LogP contribution in [-0.4, -0.2) is 77.0 Å². The predicted octanol–water partition coefficient (Wildman–Crippen LogP) is 3.03. The molecule has 240 valence electrons. The van der Waals surface area contributed by atoms with Crippen molar-refractivity contribution in [3.05, 3.63) is 53.4 Å². The van der Waals surface area contributed by atoms with Gasteiger partial charge in [0.25, 0.3) is 5.91 Å². The van der Waals surface area contributed by atoms with Gasteiger partial charge in [-0.2, -0.15) is 0 Å². The first-order valence-electron chi connectivity index (χ1n) is 15.7. The second kappa shape index (κ2) is 14.9. The van der Waals surface area contributed by atoms with Gasteiger partial charge < -0.3 is 25.2 Å². The Hall–Kier alpha value is -3.57. The summed E-state index contributed by atoms with van der Waals surface area (Å²) >= 11 is 0. The molecule has 2 aliphatic heterocycles. The van der Waals surface area contributed by atoms with Crippen molar-refractivity contribution in [2.75, 3.05) is 19.7 Å². The van der Waals surface area contributed by atoms with Crippen LogP contribution in [0.2, 0.25) is 0 Å². The molecule has 3 N–H and O–H groups in total. The quantitative estimate of drug-likeness (QED) is 0.246. The fraction of sp³-hybridized carbons (Fsp3) is 0.606. The number of aromatic nitrogens is 1. The molecular weight excluding hydrogens is 562 g/mol. The van der Waals surface area contributed by atoms with Crippen molar-refractivity contribution in [2.24, 2.45) is 11.8 Å². The summed E-state index contributed by atoms with van der Waals surface area (Å²) in [5.74, 6) is -0.846. The fourth-order valence-electron chi connectivity index (χ4n) is 5.52. The molecule has 4 rings (SSSR count). The van der Waals surface area contributed by atoms with Gasteiger partial charge in [-0.15, -0.1) is 0 Å². The van der Waals surface area contributed by atoms with Crippen molar-refractivity contribution in [3.63, 3.8) is 0 Å². The van der Waals surface area contributed by atoms with Crippen LogP contribution in [0.1, 0.15) is 82.1 Å². The summed E-state index contributed by atoms with van der Waals surface area (Å²) in [5, 5.41) is 12.5. The Morgan fingerprint density at radius 1 is 0.886 bits per heavy atom. The van der Waals surface area contributed by atoms with Crippen LogP contribution in [-0.2, 0) is 32.1 Å². The number of nitrogens with one attached hydrogen (secondary N) is 3. The lowest BCUT2D eigenvalue weighted by molar-refractivity contribution is -0.133.